The minimum Gasteiger partial charge on any atom is -0.509 e. The van der Waals surface area contributed by atoms with Gasteiger partial charge in [-0.25, -0.2) is 0 Å². The summed E-state index contributed by atoms with van der Waals surface area (Å²) in [6.07, 6.45) is -2.23. The van der Waals surface area contributed by atoms with Gasteiger partial charge in [-0.3, -0.25) is 19.3 Å². The van der Waals surface area contributed by atoms with Crippen molar-refractivity contribution < 1.29 is 34.8 Å². The van der Waals surface area contributed by atoms with E-state index in [0.29, 0.717) is 0 Å². The number of carbonyl (C=O) groups excluding carboxylic acids is 3. The molecule has 11 N–H and O–H groups in total. The van der Waals surface area contributed by atoms with E-state index in [1.807, 2.05) is 0 Å². The Morgan fingerprint density at radius 1 is 1.15 bits per heavy atom. The topological polar surface area (TPSA) is 249 Å². The third-order valence-electron chi connectivity index (χ3n) is 7.89. The van der Waals surface area contributed by atoms with Crippen LogP contribution in [0.15, 0.2) is 35.1 Å². The molecule has 13 heteroatoms. The highest BCUT2D eigenvalue weighted by Crippen LogP contribution is 2.60. The quantitative estimate of drug-likeness (QED) is 0.205. The maximum Gasteiger partial charge on any atom is 0.258 e. The third kappa shape index (κ3) is 3.20. The summed E-state index contributed by atoms with van der Waals surface area (Å²) in [6.45, 7) is 4.84. The van der Waals surface area contributed by atoms with Crippen molar-refractivity contribution in [1.29, 1.82) is 5.26 Å². The number of hydrogen-bond donors (Lipinski definition) is 8. The molecule has 0 aromatic heterocycles. The largest absolute Gasteiger partial charge is 0.509 e. The maximum atomic E-state index is 14.4. The lowest BCUT2D eigenvalue weighted by Crippen LogP contribution is -2.87. The summed E-state index contributed by atoms with van der Waals surface area (Å²) in [7, 11) is 2.75. The van der Waals surface area contributed by atoms with Gasteiger partial charge in [-0.05, 0) is 46.5 Å². The predicted molar refractivity (Wildman–Crippen MR) is 138 cm³/mol. The van der Waals surface area contributed by atoms with Crippen LogP contribution < -0.4 is 22.5 Å². The number of nitrogens with two attached hydrogens (primary N) is 3. The molecular formula is C26H32N6O7. The van der Waals surface area contributed by atoms with E-state index in [9.17, 15) is 40.1 Å². The number of likely N-dealkylation sites (N-methyl/N-ethyl adjacent to an activating group) is 1. The summed E-state index contributed by atoms with van der Waals surface area (Å²) in [6, 6.07) is 2.48. The van der Waals surface area contributed by atoms with Gasteiger partial charge in [-0.1, -0.05) is 12.1 Å². The van der Waals surface area contributed by atoms with Crippen LogP contribution in [-0.4, -0.2) is 85.7 Å². The lowest BCUT2D eigenvalue weighted by Gasteiger charge is -2.62. The number of carbonyl (C=O) groups is 3. The Labute approximate surface area is 224 Å². The number of amides is 1. The molecule has 0 aliphatic heterocycles. The molecular weight excluding hydrogens is 508 g/mol. The molecule has 13 nitrogen and oxygen atoms in total. The zero-order valence-electron chi connectivity index (χ0n) is 22.1. The normalized spacial score (nSPS) is 34.3. The molecule has 4 rings (SSSR count). The summed E-state index contributed by atoms with van der Waals surface area (Å²) < 4.78 is 0. The van der Waals surface area contributed by atoms with E-state index in [1.54, 1.807) is 26.8 Å². The molecule has 0 bridgehead atoms. The molecule has 39 heavy (non-hydrogen) atoms. The third-order valence-corrected chi connectivity index (χ3v) is 7.89. The van der Waals surface area contributed by atoms with Gasteiger partial charge in [0.2, 0.25) is 0 Å². The highest BCUT2D eigenvalue weighted by molar-refractivity contribution is 6.26. The summed E-state index contributed by atoms with van der Waals surface area (Å²) in [5.41, 5.74) is 9.02. The molecule has 1 unspecified atom stereocenters. The monoisotopic (exact) mass is 540 g/mol. The number of nitrogens with one attached hydrogen (secondary N) is 1. The SMILES string of the molecule is CN(C)[C@@H]1C(=O)C(C(=O)NC(C)(C)C)=C(O)[C@@]2(C#N)C(=O)C3=C(O)c4c(O)cccc4C(N)[C@@]3(N)[C@H](O)[C@@]12N. The number of fused-ring (bicyclic) bond motifs is 3. The number of nitrogens with zero attached hydrogens (tertiary/aromatic N) is 2. The Morgan fingerprint density at radius 2 is 1.74 bits per heavy atom. The average molecular weight is 541 g/mol. The number of phenolic OH excluding ortho intramolecular Hbond substituents is 1. The fourth-order valence-electron chi connectivity index (χ4n) is 6.22. The summed E-state index contributed by atoms with van der Waals surface area (Å²) in [5, 5.41) is 58.3. The van der Waals surface area contributed by atoms with Crippen LogP contribution in [0.2, 0.25) is 0 Å². The Hall–Kier alpha value is -3.80. The molecule has 208 valence electrons. The van der Waals surface area contributed by atoms with Crippen molar-refractivity contribution in [1.82, 2.24) is 10.2 Å². The van der Waals surface area contributed by atoms with Crippen molar-refractivity contribution in [3.8, 4) is 11.8 Å². The van der Waals surface area contributed by atoms with Gasteiger partial charge >= 0.3 is 0 Å². The highest BCUT2D eigenvalue weighted by Gasteiger charge is 2.79. The van der Waals surface area contributed by atoms with Crippen molar-refractivity contribution in [3.05, 3.63) is 46.2 Å². The van der Waals surface area contributed by atoms with Crippen LogP contribution in [0.25, 0.3) is 5.76 Å². The smallest absolute Gasteiger partial charge is 0.258 e. The Morgan fingerprint density at radius 3 is 2.26 bits per heavy atom. The average Bonchev–Trinajstić information content (AvgIpc) is 2.80. The number of benzene rings is 1. The highest BCUT2D eigenvalue weighted by atomic mass is 16.3. The maximum absolute atomic E-state index is 14.4. The van der Waals surface area contributed by atoms with Gasteiger partial charge in [0, 0.05) is 5.54 Å². The summed E-state index contributed by atoms with van der Waals surface area (Å²) in [4.78, 5) is 42.7. The van der Waals surface area contributed by atoms with Gasteiger partial charge in [-0.15, -0.1) is 0 Å². The first-order valence-electron chi connectivity index (χ1n) is 12.1. The van der Waals surface area contributed by atoms with Gasteiger partial charge in [0.1, 0.15) is 34.5 Å². The standard InChI is InChI=1S/C26H32N6O7/c1-23(2,3)31-21(38)13-16(35)18(32(4)5)26(30)22(39)25(29)14(20(37)24(26,9-27)19(13)36)15(34)12-10(17(25)28)7-6-8-11(12)33/h6-8,17-18,22,33-34,36,39H,28-30H2,1-5H3,(H,31,38)/t17?,18-,22+,24+,25-,26+/m1/s1. The van der Waals surface area contributed by atoms with Crippen LogP contribution in [0.5, 0.6) is 5.75 Å². The molecule has 1 amide bonds. The van der Waals surface area contributed by atoms with E-state index in [1.165, 1.54) is 37.2 Å². The number of aliphatic hydroxyl groups excluding tert-OH is 3. The number of aliphatic hydroxyl groups is 3. The Balaban J connectivity index is 2.17. The van der Waals surface area contributed by atoms with Crippen molar-refractivity contribution >= 4 is 23.2 Å². The van der Waals surface area contributed by atoms with E-state index in [0.717, 1.165) is 0 Å². The van der Waals surface area contributed by atoms with E-state index in [2.05, 4.69) is 5.32 Å². The van der Waals surface area contributed by atoms with Gasteiger partial charge in [0.15, 0.2) is 17.0 Å². The second-order valence-electron chi connectivity index (χ2n) is 11.6. The first kappa shape index (κ1) is 28.2. The minimum absolute atomic E-state index is 0.0622. The van der Waals surface area contributed by atoms with Crippen LogP contribution in [0.3, 0.4) is 0 Å². The molecule has 0 heterocycles. The lowest BCUT2D eigenvalue weighted by atomic mass is 9.45. The van der Waals surface area contributed by atoms with Crippen LogP contribution in [0, 0.1) is 16.7 Å². The van der Waals surface area contributed by atoms with E-state index >= 15 is 0 Å². The van der Waals surface area contributed by atoms with Crippen molar-refractivity contribution in [3.63, 3.8) is 0 Å². The first-order chi connectivity index (χ1) is 17.8. The molecule has 3 aliphatic rings. The van der Waals surface area contributed by atoms with Gasteiger partial charge in [-0.2, -0.15) is 5.26 Å². The van der Waals surface area contributed by atoms with Crippen LogP contribution in [-0.2, 0) is 14.4 Å². The number of hydrogen-bond acceptors (Lipinski definition) is 12. The molecule has 6 atom stereocenters. The number of Topliss-reactive ketones (excluding diaryl/α,β-unsaturated/α-hetero) is 2. The Bertz CT molecular complexity index is 1440. The molecule has 0 saturated heterocycles. The molecule has 3 aliphatic carbocycles. The molecule has 1 aromatic carbocycles. The first-order valence-corrected chi connectivity index (χ1v) is 12.1. The molecule has 1 aromatic rings. The summed E-state index contributed by atoms with van der Waals surface area (Å²) in [5.74, 6) is -6.17. The second kappa shape index (κ2) is 8.35. The lowest BCUT2D eigenvalue weighted by molar-refractivity contribution is -0.153. The fourth-order valence-corrected chi connectivity index (χ4v) is 6.22. The van der Waals surface area contributed by atoms with Crippen LogP contribution in [0.4, 0.5) is 0 Å². The van der Waals surface area contributed by atoms with E-state index in [4.69, 9.17) is 17.2 Å². The fraction of sp³-hybridized carbons (Fsp3) is 0.462. The molecule has 0 radical (unpaired) electrons. The minimum atomic E-state index is -2.98. The van der Waals surface area contributed by atoms with E-state index in [-0.39, 0.29) is 11.1 Å². The molecule has 1 fully saturated rings. The number of aromatic hydroxyl groups is 1. The van der Waals surface area contributed by atoms with Crippen molar-refractivity contribution in [2.24, 2.45) is 22.6 Å². The predicted octanol–water partition coefficient (Wildman–Crippen LogP) is -1.24. The van der Waals surface area contributed by atoms with Gasteiger partial charge in [0.25, 0.3) is 5.91 Å². The molecule has 0 spiro atoms. The number of phenols is 1. The van der Waals surface area contributed by atoms with Crippen LogP contribution >= 0.6 is 0 Å². The van der Waals surface area contributed by atoms with Crippen molar-refractivity contribution in [2.45, 2.75) is 55.6 Å². The van der Waals surface area contributed by atoms with Gasteiger partial charge < -0.3 is 42.9 Å². The number of nitriles is 1. The number of ketones is 2. The zero-order valence-corrected chi connectivity index (χ0v) is 22.1. The van der Waals surface area contributed by atoms with Crippen LogP contribution in [0.1, 0.15) is 37.9 Å². The Kier molecular flexibility index (Phi) is 6.04. The second-order valence-corrected chi connectivity index (χ2v) is 11.6. The number of rotatable bonds is 2. The van der Waals surface area contributed by atoms with Crippen molar-refractivity contribution in [2.75, 3.05) is 14.1 Å². The van der Waals surface area contributed by atoms with E-state index < -0.39 is 86.1 Å². The molecule has 1 saturated carbocycles. The van der Waals surface area contributed by atoms with Gasteiger partial charge in [0.05, 0.1) is 34.8 Å². The summed E-state index contributed by atoms with van der Waals surface area (Å²) >= 11 is 0. The zero-order chi connectivity index (χ0) is 29.6.